The van der Waals surface area contributed by atoms with E-state index in [0.717, 1.165) is 25.7 Å². The Bertz CT molecular complexity index is 389. The highest BCUT2D eigenvalue weighted by Gasteiger charge is 2.55. The summed E-state index contributed by atoms with van der Waals surface area (Å²) in [5.41, 5.74) is 0. The van der Waals surface area contributed by atoms with Gasteiger partial charge in [0, 0.05) is 12.8 Å². The van der Waals surface area contributed by atoms with Gasteiger partial charge in [0.05, 0.1) is 11.8 Å². The van der Waals surface area contributed by atoms with Gasteiger partial charge in [-0.2, -0.15) is 0 Å². The Kier molecular flexibility index (Phi) is 3.06. The van der Waals surface area contributed by atoms with Crippen LogP contribution in [-0.2, 0) is 19.1 Å². The van der Waals surface area contributed by atoms with Crippen LogP contribution in [0.5, 0.6) is 0 Å². The number of ether oxygens (including phenoxy) is 2. The van der Waals surface area contributed by atoms with Crippen molar-refractivity contribution in [2.24, 2.45) is 23.7 Å². The molecule has 0 amide bonds. The number of carbonyl (C=O) groups excluding carboxylic acids is 2. The van der Waals surface area contributed by atoms with Gasteiger partial charge in [0.25, 0.3) is 5.79 Å². The van der Waals surface area contributed by atoms with E-state index in [9.17, 15) is 9.59 Å². The first-order valence-corrected chi connectivity index (χ1v) is 7.47. The van der Waals surface area contributed by atoms with E-state index in [0.29, 0.717) is 24.7 Å². The molecule has 3 atom stereocenters. The van der Waals surface area contributed by atoms with Crippen LogP contribution in [0.15, 0.2) is 0 Å². The zero-order chi connectivity index (χ0) is 13.6. The highest BCUT2D eigenvalue weighted by atomic mass is 16.7. The molecule has 0 spiro atoms. The van der Waals surface area contributed by atoms with Crippen LogP contribution in [0.3, 0.4) is 0 Å². The lowest BCUT2D eigenvalue weighted by Crippen LogP contribution is -2.45. The number of rotatable bonds is 3. The molecule has 4 aliphatic rings. The Morgan fingerprint density at radius 2 is 2.00 bits per heavy atom. The molecular formula is C15H22O4. The van der Waals surface area contributed by atoms with Crippen LogP contribution in [-0.4, -0.2) is 17.7 Å². The summed E-state index contributed by atoms with van der Waals surface area (Å²) < 4.78 is 11.3. The molecule has 4 nitrogen and oxygen atoms in total. The molecule has 4 bridgehead atoms. The van der Waals surface area contributed by atoms with Gasteiger partial charge >= 0.3 is 11.9 Å². The highest BCUT2D eigenvalue weighted by molar-refractivity contribution is 5.75. The monoisotopic (exact) mass is 266 g/mol. The van der Waals surface area contributed by atoms with Crippen LogP contribution < -0.4 is 0 Å². The van der Waals surface area contributed by atoms with Crippen molar-refractivity contribution in [3.05, 3.63) is 0 Å². The Morgan fingerprint density at radius 3 is 2.58 bits per heavy atom. The number of hydrogen-bond acceptors (Lipinski definition) is 4. The number of esters is 2. The molecular weight excluding hydrogens is 244 g/mol. The van der Waals surface area contributed by atoms with Gasteiger partial charge in [-0.15, -0.1) is 0 Å². The van der Waals surface area contributed by atoms with Crippen molar-refractivity contribution < 1.29 is 19.1 Å². The van der Waals surface area contributed by atoms with Crippen molar-refractivity contribution in [3.63, 3.8) is 0 Å². The molecule has 0 aromatic rings. The summed E-state index contributed by atoms with van der Waals surface area (Å²) in [6, 6.07) is 0. The van der Waals surface area contributed by atoms with Crippen LogP contribution in [0.2, 0.25) is 0 Å². The van der Waals surface area contributed by atoms with Crippen molar-refractivity contribution in [1.29, 1.82) is 0 Å². The van der Waals surface area contributed by atoms with Crippen molar-refractivity contribution >= 4 is 11.9 Å². The van der Waals surface area contributed by atoms with E-state index in [1.165, 1.54) is 0 Å². The van der Waals surface area contributed by atoms with Crippen molar-refractivity contribution in [2.75, 3.05) is 0 Å². The quantitative estimate of drug-likeness (QED) is 0.737. The zero-order valence-corrected chi connectivity index (χ0v) is 11.7. The van der Waals surface area contributed by atoms with Gasteiger partial charge in [0.2, 0.25) is 0 Å². The summed E-state index contributed by atoms with van der Waals surface area (Å²) in [7, 11) is 0. The maximum absolute atomic E-state index is 12.1. The van der Waals surface area contributed by atoms with Crippen LogP contribution in [0.4, 0.5) is 0 Å². The van der Waals surface area contributed by atoms with Crippen molar-refractivity contribution in [3.8, 4) is 0 Å². The van der Waals surface area contributed by atoms with Crippen LogP contribution in [0.1, 0.15) is 52.4 Å². The summed E-state index contributed by atoms with van der Waals surface area (Å²) in [6.07, 6.45) is 5.14. The minimum absolute atomic E-state index is 0.0374. The summed E-state index contributed by atoms with van der Waals surface area (Å²) in [5.74, 6) is -0.461. The average Bonchev–Trinajstić information content (AvgIpc) is 2.49. The molecule has 4 fully saturated rings. The molecule has 2 saturated heterocycles. The number of hydrogen-bond donors (Lipinski definition) is 0. The lowest BCUT2D eigenvalue weighted by Gasteiger charge is -2.42. The molecule has 3 unspecified atom stereocenters. The molecule has 4 rings (SSSR count). The lowest BCUT2D eigenvalue weighted by atomic mass is 9.67. The van der Waals surface area contributed by atoms with Gasteiger partial charge in [-0.05, 0) is 37.5 Å². The standard InChI is InChI=1S/C15H22O4/c1-3-9(2)13(16)18-15-7-10-4-11(8-15)6-12(5-10)14(17)19-15/h9-12H,3-8H2,1-2H3. The van der Waals surface area contributed by atoms with Gasteiger partial charge < -0.3 is 9.47 Å². The smallest absolute Gasteiger partial charge is 0.312 e. The molecule has 4 heteroatoms. The topological polar surface area (TPSA) is 52.6 Å². The third-order valence-corrected chi connectivity index (χ3v) is 5.02. The summed E-state index contributed by atoms with van der Waals surface area (Å²) in [4.78, 5) is 24.1. The van der Waals surface area contributed by atoms with E-state index in [2.05, 4.69) is 0 Å². The molecule has 2 saturated carbocycles. The molecule has 2 aliphatic heterocycles. The van der Waals surface area contributed by atoms with Crippen LogP contribution in [0.25, 0.3) is 0 Å². The Hall–Kier alpha value is -1.06. The predicted molar refractivity (Wildman–Crippen MR) is 67.9 cm³/mol. The normalized spacial score (nSPS) is 41.6. The first-order chi connectivity index (χ1) is 9.01. The average molecular weight is 266 g/mol. The largest absolute Gasteiger partial charge is 0.422 e. The Labute approximate surface area is 113 Å². The van der Waals surface area contributed by atoms with Gasteiger partial charge in [-0.3, -0.25) is 9.59 Å². The molecule has 2 aliphatic carbocycles. The van der Waals surface area contributed by atoms with E-state index in [-0.39, 0.29) is 23.8 Å². The SMILES string of the molecule is CCC(C)C(=O)OC12CC3CC(CC(C3)C(=O)O1)C2. The summed E-state index contributed by atoms with van der Waals surface area (Å²) in [6.45, 7) is 3.82. The molecule has 2 heterocycles. The van der Waals surface area contributed by atoms with Gasteiger partial charge in [0.1, 0.15) is 0 Å². The van der Waals surface area contributed by atoms with Crippen LogP contribution in [0, 0.1) is 23.7 Å². The fourth-order valence-corrected chi connectivity index (χ4v) is 3.96. The van der Waals surface area contributed by atoms with Crippen molar-refractivity contribution in [2.45, 2.75) is 58.2 Å². The third kappa shape index (κ3) is 2.26. The second-order valence-corrected chi connectivity index (χ2v) is 6.61. The molecule has 0 N–H and O–H groups in total. The first-order valence-electron chi connectivity index (χ1n) is 7.47. The Morgan fingerprint density at radius 1 is 1.37 bits per heavy atom. The molecule has 0 aromatic carbocycles. The molecule has 0 radical (unpaired) electrons. The van der Waals surface area contributed by atoms with Gasteiger partial charge in [-0.25, -0.2) is 0 Å². The second kappa shape index (κ2) is 4.50. The highest BCUT2D eigenvalue weighted by Crippen LogP contribution is 2.52. The van der Waals surface area contributed by atoms with E-state index < -0.39 is 5.79 Å². The van der Waals surface area contributed by atoms with E-state index >= 15 is 0 Å². The van der Waals surface area contributed by atoms with Crippen LogP contribution >= 0.6 is 0 Å². The molecule has 19 heavy (non-hydrogen) atoms. The maximum Gasteiger partial charge on any atom is 0.312 e. The fourth-order valence-electron chi connectivity index (χ4n) is 3.96. The maximum atomic E-state index is 12.1. The number of carbonyl (C=O) groups is 2. The van der Waals surface area contributed by atoms with Gasteiger partial charge in [-0.1, -0.05) is 13.8 Å². The lowest BCUT2D eigenvalue weighted by molar-refractivity contribution is -0.243. The minimum atomic E-state index is -0.948. The van der Waals surface area contributed by atoms with E-state index in [1.807, 2.05) is 13.8 Å². The summed E-state index contributed by atoms with van der Waals surface area (Å²) >= 11 is 0. The van der Waals surface area contributed by atoms with E-state index in [1.54, 1.807) is 0 Å². The van der Waals surface area contributed by atoms with E-state index in [4.69, 9.17) is 9.47 Å². The second-order valence-electron chi connectivity index (χ2n) is 6.61. The predicted octanol–water partition coefficient (Wildman–Crippen LogP) is 2.66. The zero-order valence-electron chi connectivity index (χ0n) is 11.7. The number of fused-ring (bicyclic) bond motifs is 1. The Balaban J connectivity index is 1.82. The summed E-state index contributed by atoms with van der Waals surface area (Å²) in [5, 5.41) is 0. The van der Waals surface area contributed by atoms with Crippen molar-refractivity contribution in [1.82, 2.24) is 0 Å². The third-order valence-electron chi connectivity index (χ3n) is 5.02. The first kappa shape index (κ1) is 12.9. The van der Waals surface area contributed by atoms with Gasteiger partial charge in [0.15, 0.2) is 0 Å². The fraction of sp³-hybridized carbons (Fsp3) is 0.867. The molecule has 106 valence electrons. The minimum Gasteiger partial charge on any atom is -0.422 e. The molecule has 0 aromatic heterocycles.